The number of hydrogen-bond acceptors (Lipinski definition) is 4. The van der Waals surface area contributed by atoms with Crippen LogP contribution in [-0.4, -0.2) is 41.0 Å². The van der Waals surface area contributed by atoms with Crippen molar-refractivity contribution < 1.29 is 4.79 Å². The van der Waals surface area contributed by atoms with E-state index < -0.39 is 0 Å². The number of hydrogen-bond donors (Lipinski definition) is 2. The fourth-order valence-electron chi connectivity index (χ4n) is 3.03. The first kappa shape index (κ1) is 13.5. The molecule has 1 aromatic rings. The summed E-state index contributed by atoms with van der Waals surface area (Å²) in [4.78, 5) is 18.5. The maximum atomic E-state index is 12.4. The van der Waals surface area contributed by atoms with Gasteiger partial charge in [0.15, 0.2) is 0 Å². The number of nitrogens with zero attached hydrogens (tertiary/aromatic N) is 2. The van der Waals surface area contributed by atoms with E-state index in [4.69, 9.17) is 0 Å². The maximum absolute atomic E-state index is 12.4. The molecule has 2 saturated heterocycles. The van der Waals surface area contributed by atoms with E-state index in [0.717, 1.165) is 32.4 Å². The molecule has 0 spiro atoms. The maximum Gasteiger partial charge on any atom is 0.241 e. The van der Waals surface area contributed by atoms with Gasteiger partial charge in [0.1, 0.15) is 6.04 Å². The minimum absolute atomic E-state index is 0.0543. The Kier molecular flexibility index (Phi) is 3.98. The molecule has 2 atom stereocenters. The van der Waals surface area contributed by atoms with Crippen molar-refractivity contribution in [3.63, 3.8) is 0 Å². The smallest absolute Gasteiger partial charge is 0.241 e. The van der Waals surface area contributed by atoms with Crippen LogP contribution in [0.2, 0.25) is 0 Å². The highest BCUT2D eigenvalue weighted by Crippen LogP contribution is 2.27. The van der Waals surface area contributed by atoms with Gasteiger partial charge in [-0.15, -0.1) is 0 Å². The van der Waals surface area contributed by atoms with Gasteiger partial charge < -0.3 is 4.90 Å². The summed E-state index contributed by atoms with van der Waals surface area (Å²) in [6.45, 7) is 3.81. The summed E-state index contributed by atoms with van der Waals surface area (Å²) < 4.78 is 0. The zero-order valence-electron chi connectivity index (χ0n) is 11.9. The van der Waals surface area contributed by atoms with Crippen molar-refractivity contribution in [2.75, 3.05) is 13.1 Å². The monoisotopic (exact) mass is 274 g/mol. The second-order valence-electron chi connectivity index (χ2n) is 5.79. The molecule has 108 valence electrons. The lowest BCUT2D eigenvalue weighted by molar-refractivity contribution is -0.137. The van der Waals surface area contributed by atoms with E-state index in [1.54, 1.807) is 6.20 Å². The molecule has 1 aromatic heterocycles. The van der Waals surface area contributed by atoms with Gasteiger partial charge in [0.05, 0.1) is 0 Å². The lowest BCUT2D eigenvalue weighted by Crippen LogP contribution is -2.54. The molecule has 0 saturated carbocycles. The molecular weight excluding hydrogens is 252 g/mol. The highest BCUT2D eigenvalue weighted by molar-refractivity contribution is 5.83. The fraction of sp³-hybridized carbons (Fsp3) is 0.600. The summed E-state index contributed by atoms with van der Waals surface area (Å²) in [5, 5.41) is 0. The van der Waals surface area contributed by atoms with Gasteiger partial charge in [-0.2, -0.15) is 0 Å². The van der Waals surface area contributed by atoms with E-state index in [-0.39, 0.29) is 11.9 Å². The molecule has 5 heteroatoms. The highest BCUT2D eigenvalue weighted by Gasteiger charge is 2.38. The van der Waals surface area contributed by atoms with Gasteiger partial charge in [0.2, 0.25) is 5.91 Å². The molecule has 3 rings (SSSR count). The SMILES string of the molecule is CCCC1CC(C(=O)N2CC(c3cccnc3)C2)NN1. The Hall–Kier alpha value is -1.46. The zero-order valence-corrected chi connectivity index (χ0v) is 11.9. The van der Waals surface area contributed by atoms with Crippen LogP contribution in [-0.2, 0) is 4.79 Å². The average Bonchev–Trinajstić information content (AvgIpc) is 2.87. The molecule has 5 nitrogen and oxygen atoms in total. The summed E-state index contributed by atoms with van der Waals surface area (Å²) in [5.41, 5.74) is 7.60. The molecule has 0 bridgehead atoms. The molecule has 0 aliphatic carbocycles. The molecule has 3 heterocycles. The number of pyridine rings is 1. The second kappa shape index (κ2) is 5.89. The van der Waals surface area contributed by atoms with Gasteiger partial charge in [-0.1, -0.05) is 19.4 Å². The van der Waals surface area contributed by atoms with Gasteiger partial charge in [-0.25, -0.2) is 5.43 Å². The molecule has 2 N–H and O–H groups in total. The van der Waals surface area contributed by atoms with E-state index in [2.05, 4.69) is 28.8 Å². The third-order valence-electron chi connectivity index (χ3n) is 4.27. The van der Waals surface area contributed by atoms with Crippen LogP contribution in [0.25, 0.3) is 0 Å². The molecule has 0 radical (unpaired) electrons. The van der Waals surface area contributed by atoms with E-state index >= 15 is 0 Å². The van der Waals surface area contributed by atoms with Gasteiger partial charge >= 0.3 is 0 Å². The summed E-state index contributed by atoms with van der Waals surface area (Å²) in [5.74, 6) is 0.685. The van der Waals surface area contributed by atoms with Gasteiger partial charge in [-0.05, 0) is 24.5 Å². The van der Waals surface area contributed by atoms with Crippen molar-refractivity contribution in [2.24, 2.45) is 0 Å². The van der Waals surface area contributed by atoms with Crippen LogP contribution in [0, 0.1) is 0 Å². The van der Waals surface area contributed by atoms with Crippen LogP contribution < -0.4 is 10.9 Å². The molecule has 0 aromatic carbocycles. The predicted molar refractivity (Wildman–Crippen MR) is 76.9 cm³/mol. The van der Waals surface area contributed by atoms with Crippen LogP contribution >= 0.6 is 0 Å². The minimum atomic E-state index is -0.0543. The largest absolute Gasteiger partial charge is 0.340 e. The standard InChI is InChI=1S/C15H22N4O/c1-2-4-13-7-14(18-17-13)15(20)19-9-12(10-19)11-5-3-6-16-8-11/h3,5-6,8,12-14,17-18H,2,4,7,9-10H2,1H3. The van der Waals surface area contributed by atoms with Crippen LogP contribution in [0.5, 0.6) is 0 Å². The van der Waals surface area contributed by atoms with Crippen LogP contribution in [0.3, 0.4) is 0 Å². The summed E-state index contributed by atoms with van der Waals surface area (Å²) in [6.07, 6.45) is 6.86. The number of aromatic nitrogens is 1. The number of carbonyl (C=O) groups is 1. The minimum Gasteiger partial charge on any atom is -0.340 e. The quantitative estimate of drug-likeness (QED) is 0.861. The number of hydrazine groups is 1. The number of carbonyl (C=O) groups excluding carboxylic acids is 1. The van der Waals surface area contributed by atoms with Crippen molar-refractivity contribution in [1.82, 2.24) is 20.7 Å². The van der Waals surface area contributed by atoms with E-state index in [1.807, 2.05) is 17.2 Å². The summed E-state index contributed by atoms with van der Waals surface area (Å²) in [6, 6.07) is 4.43. The van der Waals surface area contributed by atoms with Gasteiger partial charge in [0.25, 0.3) is 0 Å². The topological polar surface area (TPSA) is 57.3 Å². The molecule has 1 amide bonds. The average molecular weight is 274 g/mol. The molecule has 2 aliphatic heterocycles. The van der Waals surface area contributed by atoms with Crippen LogP contribution in [0.15, 0.2) is 24.5 Å². The Balaban J connectivity index is 1.49. The summed E-state index contributed by atoms with van der Waals surface area (Å²) in [7, 11) is 0. The Morgan fingerprint density at radius 1 is 1.45 bits per heavy atom. The first-order chi connectivity index (χ1) is 9.78. The lowest BCUT2D eigenvalue weighted by Gasteiger charge is -2.40. The second-order valence-corrected chi connectivity index (χ2v) is 5.79. The third kappa shape index (κ3) is 2.69. The molecular formula is C15H22N4O. The number of amides is 1. The first-order valence-electron chi connectivity index (χ1n) is 7.47. The van der Waals surface area contributed by atoms with Crippen LogP contribution in [0.1, 0.15) is 37.7 Å². The van der Waals surface area contributed by atoms with Crippen molar-refractivity contribution >= 4 is 5.91 Å². The zero-order chi connectivity index (χ0) is 13.9. The van der Waals surface area contributed by atoms with Crippen LogP contribution in [0.4, 0.5) is 0 Å². The van der Waals surface area contributed by atoms with Crippen molar-refractivity contribution in [2.45, 2.75) is 44.2 Å². The molecule has 2 unspecified atom stereocenters. The summed E-state index contributed by atoms with van der Waals surface area (Å²) >= 11 is 0. The van der Waals surface area contributed by atoms with E-state index in [1.165, 1.54) is 5.56 Å². The Bertz CT molecular complexity index is 458. The highest BCUT2D eigenvalue weighted by atomic mass is 16.2. The predicted octanol–water partition coefficient (Wildman–Crippen LogP) is 1.04. The Morgan fingerprint density at radius 3 is 3.00 bits per heavy atom. The number of nitrogens with one attached hydrogen (secondary N) is 2. The lowest BCUT2D eigenvalue weighted by atomic mass is 9.91. The van der Waals surface area contributed by atoms with Crippen molar-refractivity contribution in [3.05, 3.63) is 30.1 Å². The van der Waals surface area contributed by atoms with Gasteiger partial charge in [-0.3, -0.25) is 15.2 Å². The third-order valence-corrected chi connectivity index (χ3v) is 4.27. The molecule has 2 aliphatic rings. The Labute approximate surface area is 119 Å². The molecule has 20 heavy (non-hydrogen) atoms. The fourth-order valence-corrected chi connectivity index (χ4v) is 3.03. The van der Waals surface area contributed by atoms with E-state index in [0.29, 0.717) is 12.0 Å². The van der Waals surface area contributed by atoms with Gasteiger partial charge in [0, 0.05) is 37.4 Å². The number of rotatable bonds is 4. The normalized spacial score (nSPS) is 26.6. The molecule has 2 fully saturated rings. The van der Waals surface area contributed by atoms with Crippen molar-refractivity contribution in [3.8, 4) is 0 Å². The van der Waals surface area contributed by atoms with E-state index in [9.17, 15) is 4.79 Å². The van der Waals surface area contributed by atoms with Crippen molar-refractivity contribution in [1.29, 1.82) is 0 Å². The number of likely N-dealkylation sites (tertiary alicyclic amines) is 1. The first-order valence-corrected chi connectivity index (χ1v) is 7.47. The Morgan fingerprint density at radius 2 is 2.30 bits per heavy atom.